The average molecular weight is 563 g/mol. The Morgan fingerprint density at radius 3 is 1.77 bits per heavy atom. The van der Waals surface area contributed by atoms with Crippen molar-refractivity contribution in [3.8, 4) is 0 Å². The summed E-state index contributed by atoms with van der Waals surface area (Å²) in [4.78, 5) is 0. The van der Waals surface area contributed by atoms with Crippen LogP contribution in [0.3, 0.4) is 0 Å². The zero-order valence-electron chi connectivity index (χ0n) is 26.1. The van der Waals surface area contributed by atoms with Crippen LogP contribution in [0, 0.1) is 88.8 Å². The molecule has 40 heavy (non-hydrogen) atoms. The number of thioether (sulfide) groups is 1. The fraction of sp³-hybridized carbons (Fsp3) is 1.00. The second-order valence-electron chi connectivity index (χ2n) is 18.0. The maximum atomic E-state index is 2.73. The Kier molecular flexibility index (Phi) is 7.19. The van der Waals surface area contributed by atoms with E-state index in [0.717, 1.165) is 99.3 Å². The third-order valence-corrected chi connectivity index (χ3v) is 18.5. The topological polar surface area (TPSA) is 0 Å². The van der Waals surface area contributed by atoms with Gasteiger partial charge in [0.25, 0.3) is 0 Å². The first-order valence-corrected chi connectivity index (χ1v) is 20.3. The standard InChI is InChI=1S/C39H62S/c1-23-19-34(31-17-8-16-30-28-14-5-3-10-25(28)21-33(30)31)39-35(20-23)38-36(40-39)22-26-12-7-15-29(26)37(38)32-18-6-11-24-9-2-4-13-27(24)32/h23-39H,2-22H2,1H3. The predicted molar refractivity (Wildman–Crippen MR) is 170 cm³/mol. The first-order valence-electron chi connectivity index (χ1n) is 19.4. The van der Waals surface area contributed by atoms with Crippen molar-refractivity contribution < 1.29 is 0 Å². The minimum atomic E-state index is 1.00. The molecule has 9 fully saturated rings. The van der Waals surface area contributed by atoms with E-state index in [-0.39, 0.29) is 0 Å². The molecule has 1 saturated heterocycles. The van der Waals surface area contributed by atoms with Gasteiger partial charge < -0.3 is 0 Å². The Bertz CT molecular complexity index is 908. The molecule has 17 unspecified atom stereocenters. The molecule has 9 rings (SSSR count). The van der Waals surface area contributed by atoms with Crippen molar-refractivity contribution in [3.05, 3.63) is 0 Å². The van der Waals surface area contributed by atoms with Crippen LogP contribution in [0.5, 0.6) is 0 Å². The molecule has 0 amide bonds. The summed E-state index contributed by atoms with van der Waals surface area (Å²) in [6.45, 7) is 2.73. The molecule has 1 heterocycles. The summed E-state index contributed by atoms with van der Waals surface area (Å²) < 4.78 is 0. The minimum Gasteiger partial charge on any atom is -0.154 e. The first kappa shape index (κ1) is 26.7. The van der Waals surface area contributed by atoms with E-state index in [4.69, 9.17) is 0 Å². The van der Waals surface area contributed by atoms with Crippen LogP contribution in [-0.4, -0.2) is 10.5 Å². The van der Waals surface area contributed by atoms with E-state index >= 15 is 0 Å². The van der Waals surface area contributed by atoms with Gasteiger partial charge >= 0.3 is 0 Å². The van der Waals surface area contributed by atoms with Crippen molar-refractivity contribution in [3.63, 3.8) is 0 Å². The molecule has 0 aromatic heterocycles. The van der Waals surface area contributed by atoms with E-state index < -0.39 is 0 Å². The average Bonchev–Trinajstić information content (AvgIpc) is 3.70. The van der Waals surface area contributed by atoms with E-state index in [9.17, 15) is 0 Å². The molecule has 0 aromatic carbocycles. The van der Waals surface area contributed by atoms with Gasteiger partial charge in [-0.05, 0) is 153 Å². The lowest BCUT2D eigenvalue weighted by Crippen LogP contribution is -2.50. The van der Waals surface area contributed by atoms with Gasteiger partial charge in [0.2, 0.25) is 0 Å². The van der Waals surface area contributed by atoms with Gasteiger partial charge in [-0.3, -0.25) is 0 Å². The molecule has 8 saturated carbocycles. The number of rotatable bonds is 2. The van der Waals surface area contributed by atoms with E-state index in [1.54, 1.807) is 135 Å². The second-order valence-corrected chi connectivity index (χ2v) is 19.4. The SMILES string of the molecule is CC1CC(C2CCCC3C4CCCCC4CC32)C2SC3CC4CCCC4C(C4CCCC5CCCCC54)C3C2C1. The van der Waals surface area contributed by atoms with Crippen molar-refractivity contribution in [1.29, 1.82) is 0 Å². The smallest absolute Gasteiger partial charge is 0.0113 e. The van der Waals surface area contributed by atoms with Crippen molar-refractivity contribution in [2.24, 2.45) is 88.8 Å². The molecule has 0 bridgehead atoms. The molecule has 224 valence electrons. The highest BCUT2D eigenvalue weighted by atomic mass is 32.2. The summed E-state index contributed by atoms with van der Waals surface area (Å²) in [6.07, 6.45) is 33.7. The molecular weight excluding hydrogens is 500 g/mol. The van der Waals surface area contributed by atoms with Crippen LogP contribution in [0.1, 0.15) is 142 Å². The van der Waals surface area contributed by atoms with Gasteiger partial charge in [0, 0.05) is 10.5 Å². The molecule has 0 nitrogen and oxygen atoms in total. The third kappa shape index (κ3) is 4.24. The van der Waals surface area contributed by atoms with Crippen LogP contribution in [0.2, 0.25) is 0 Å². The van der Waals surface area contributed by atoms with Gasteiger partial charge in [0.1, 0.15) is 0 Å². The molecular formula is C39H62S. The Morgan fingerprint density at radius 2 is 0.925 bits per heavy atom. The van der Waals surface area contributed by atoms with Crippen LogP contribution in [0.4, 0.5) is 0 Å². The number of hydrogen-bond acceptors (Lipinski definition) is 1. The van der Waals surface area contributed by atoms with Gasteiger partial charge in [0.05, 0.1) is 0 Å². The molecule has 0 N–H and O–H groups in total. The van der Waals surface area contributed by atoms with Crippen molar-refractivity contribution in [1.82, 2.24) is 0 Å². The molecule has 0 aromatic rings. The van der Waals surface area contributed by atoms with Gasteiger partial charge in [-0.25, -0.2) is 0 Å². The highest BCUT2D eigenvalue weighted by Gasteiger charge is 2.62. The van der Waals surface area contributed by atoms with Crippen LogP contribution < -0.4 is 0 Å². The molecule has 1 heteroatoms. The zero-order chi connectivity index (χ0) is 26.4. The van der Waals surface area contributed by atoms with E-state index in [0.29, 0.717) is 0 Å². The fourth-order valence-electron chi connectivity index (χ4n) is 15.6. The molecule has 17 atom stereocenters. The lowest BCUT2D eigenvalue weighted by molar-refractivity contribution is -0.0438. The van der Waals surface area contributed by atoms with E-state index in [1.807, 2.05) is 0 Å². The quantitative estimate of drug-likeness (QED) is 0.322. The van der Waals surface area contributed by atoms with Crippen molar-refractivity contribution in [2.75, 3.05) is 0 Å². The summed E-state index contributed by atoms with van der Waals surface area (Å²) in [7, 11) is 0. The molecule has 0 spiro atoms. The van der Waals surface area contributed by atoms with Crippen molar-refractivity contribution in [2.45, 2.75) is 152 Å². The van der Waals surface area contributed by atoms with Crippen LogP contribution in [0.15, 0.2) is 0 Å². The molecule has 1 aliphatic heterocycles. The van der Waals surface area contributed by atoms with Crippen molar-refractivity contribution >= 4 is 11.8 Å². The summed E-state index contributed by atoms with van der Waals surface area (Å²) in [5.41, 5.74) is 0. The third-order valence-electron chi connectivity index (χ3n) is 16.6. The Balaban J connectivity index is 1.03. The van der Waals surface area contributed by atoms with Gasteiger partial charge in [-0.2, -0.15) is 11.8 Å². The van der Waals surface area contributed by atoms with Crippen LogP contribution in [0.25, 0.3) is 0 Å². The predicted octanol–water partition coefficient (Wildman–Crippen LogP) is 11.0. The lowest BCUT2D eigenvalue weighted by atomic mass is 9.50. The summed E-state index contributed by atoms with van der Waals surface area (Å²) in [5, 5.41) is 2.12. The lowest BCUT2D eigenvalue weighted by Gasteiger charge is -2.54. The largest absolute Gasteiger partial charge is 0.154 e. The molecule has 0 radical (unpaired) electrons. The summed E-state index contributed by atoms with van der Waals surface area (Å²) in [5.74, 6) is 16.8. The number of hydrogen-bond donors (Lipinski definition) is 0. The van der Waals surface area contributed by atoms with Crippen LogP contribution >= 0.6 is 11.8 Å². The Labute approximate surface area is 252 Å². The molecule has 9 aliphatic rings. The summed E-state index contributed by atoms with van der Waals surface area (Å²) in [6, 6.07) is 0. The Morgan fingerprint density at radius 1 is 0.375 bits per heavy atom. The fourth-order valence-corrected chi connectivity index (χ4v) is 18.0. The monoisotopic (exact) mass is 562 g/mol. The minimum absolute atomic E-state index is 1.00. The van der Waals surface area contributed by atoms with E-state index in [2.05, 4.69) is 18.7 Å². The van der Waals surface area contributed by atoms with E-state index in [1.165, 1.54) is 0 Å². The normalized spacial score (nSPS) is 59.2. The second kappa shape index (κ2) is 10.8. The first-order chi connectivity index (χ1) is 19.7. The van der Waals surface area contributed by atoms with Gasteiger partial charge in [-0.15, -0.1) is 0 Å². The maximum Gasteiger partial charge on any atom is 0.0113 e. The molecule has 8 aliphatic carbocycles. The number of fused-ring (bicyclic) bond motifs is 8. The zero-order valence-corrected chi connectivity index (χ0v) is 26.9. The van der Waals surface area contributed by atoms with Gasteiger partial charge in [-0.1, -0.05) is 77.6 Å². The Hall–Kier alpha value is 0.350. The summed E-state index contributed by atoms with van der Waals surface area (Å²) >= 11 is 2.69. The maximum absolute atomic E-state index is 2.73. The highest BCUT2D eigenvalue weighted by molar-refractivity contribution is 8.00. The highest BCUT2D eigenvalue weighted by Crippen LogP contribution is 2.68. The van der Waals surface area contributed by atoms with Gasteiger partial charge in [0.15, 0.2) is 0 Å². The van der Waals surface area contributed by atoms with Crippen LogP contribution in [-0.2, 0) is 0 Å².